The zero-order valence-electron chi connectivity index (χ0n) is 11.1. The van der Waals surface area contributed by atoms with Crippen molar-refractivity contribution in [3.8, 4) is 0 Å². The van der Waals surface area contributed by atoms with E-state index in [1.807, 2.05) is 0 Å². The third-order valence-electron chi connectivity index (χ3n) is 4.33. The van der Waals surface area contributed by atoms with Gasteiger partial charge in [-0.2, -0.15) is 0 Å². The molecule has 2 aliphatic rings. The average Bonchev–Trinajstić information content (AvgIpc) is 2.86. The number of aliphatic hydroxyl groups is 1. The van der Waals surface area contributed by atoms with Crippen LogP contribution in [0.15, 0.2) is 22.7 Å². The maximum atomic E-state index is 14.0. The number of aliphatic hydroxyl groups excluding tert-OH is 1. The summed E-state index contributed by atoms with van der Waals surface area (Å²) in [6.07, 6.45) is 1.55. The minimum Gasteiger partial charge on any atom is -0.388 e. The van der Waals surface area contributed by atoms with Crippen molar-refractivity contribution >= 4 is 15.9 Å². The number of benzene rings is 1. The monoisotopic (exact) mass is 344 g/mol. The van der Waals surface area contributed by atoms with Gasteiger partial charge in [0, 0.05) is 29.7 Å². The third-order valence-corrected chi connectivity index (χ3v) is 4.82. The highest BCUT2D eigenvalue weighted by Crippen LogP contribution is 2.41. The van der Waals surface area contributed by atoms with Gasteiger partial charge >= 0.3 is 0 Å². The third kappa shape index (κ3) is 2.77. The average molecular weight is 345 g/mol. The van der Waals surface area contributed by atoms with Gasteiger partial charge in [-0.25, -0.2) is 4.39 Å². The Bertz CT molecular complexity index is 488. The highest BCUT2D eigenvalue weighted by Gasteiger charge is 2.43. The van der Waals surface area contributed by atoms with Gasteiger partial charge in [-0.05, 0) is 30.9 Å². The van der Waals surface area contributed by atoms with E-state index in [9.17, 15) is 9.50 Å². The molecule has 0 amide bonds. The summed E-state index contributed by atoms with van der Waals surface area (Å²) in [5, 5.41) is 10.5. The summed E-state index contributed by atoms with van der Waals surface area (Å²) in [4.78, 5) is 0. The normalized spacial score (nSPS) is 31.6. The smallest absolute Gasteiger partial charge is 0.130 e. The van der Waals surface area contributed by atoms with Crippen molar-refractivity contribution in [2.24, 2.45) is 5.92 Å². The van der Waals surface area contributed by atoms with Crippen molar-refractivity contribution in [3.05, 3.63) is 34.1 Å². The van der Waals surface area contributed by atoms with Crippen LogP contribution in [0.25, 0.3) is 0 Å². The van der Waals surface area contributed by atoms with Crippen molar-refractivity contribution in [2.75, 3.05) is 19.8 Å². The van der Waals surface area contributed by atoms with Gasteiger partial charge in [0.25, 0.3) is 0 Å². The second-order valence-corrected chi connectivity index (χ2v) is 6.61. The Balaban J connectivity index is 1.77. The van der Waals surface area contributed by atoms with Crippen molar-refractivity contribution in [3.63, 3.8) is 0 Å². The van der Waals surface area contributed by atoms with Crippen LogP contribution in [-0.2, 0) is 9.47 Å². The Labute approximate surface area is 126 Å². The van der Waals surface area contributed by atoms with Gasteiger partial charge in [0.2, 0.25) is 0 Å². The SMILES string of the molecule is OC(c1ccc(Br)cc1F)C1CCOC2(CCOC2)C1. The minimum atomic E-state index is -0.788. The zero-order valence-corrected chi connectivity index (χ0v) is 12.7. The van der Waals surface area contributed by atoms with E-state index in [1.54, 1.807) is 12.1 Å². The first-order valence-electron chi connectivity index (χ1n) is 6.94. The Morgan fingerprint density at radius 2 is 2.25 bits per heavy atom. The van der Waals surface area contributed by atoms with Crippen LogP contribution in [0.3, 0.4) is 0 Å². The van der Waals surface area contributed by atoms with E-state index in [2.05, 4.69) is 15.9 Å². The largest absolute Gasteiger partial charge is 0.388 e. The molecule has 1 N–H and O–H groups in total. The maximum Gasteiger partial charge on any atom is 0.130 e. The molecule has 2 fully saturated rings. The van der Waals surface area contributed by atoms with Crippen molar-refractivity contribution in [1.29, 1.82) is 0 Å². The topological polar surface area (TPSA) is 38.7 Å². The molecule has 1 spiro atoms. The number of hydrogen-bond acceptors (Lipinski definition) is 3. The first kappa shape index (κ1) is 14.4. The lowest BCUT2D eigenvalue weighted by atomic mass is 9.80. The minimum absolute atomic E-state index is 0.0149. The van der Waals surface area contributed by atoms with E-state index < -0.39 is 6.10 Å². The Morgan fingerprint density at radius 1 is 1.40 bits per heavy atom. The molecule has 0 aliphatic carbocycles. The van der Waals surface area contributed by atoms with Crippen LogP contribution in [0.1, 0.15) is 30.9 Å². The number of rotatable bonds is 2. The number of ether oxygens (including phenoxy) is 2. The summed E-state index contributed by atoms with van der Waals surface area (Å²) in [5.74, 6) is -0.351. The van der Waals surface area contributed by atoms with Crippen LogP contribution < -0.4 is 0 Å². The lowest BCUT2D eigenvalue weighted by Crippen LogP contribution is -2.42. The van der Waals surface area contributed by atoms with Gasteiger partial charge in [0.15, 0.2) is 0 Å². The first-order chi connectivity index (χ1) is 9.60. The van der Waals surface area contributed by atoms with Gasteiger partial charge < -0.3 is 14.6 Å². The Kier molecular flexibility index (Phi) is 4.13. The Morgan fingerprint density at radius 3 is 2.95 bits per heavy atom. The van der Waals surface area contributed by atoms with Gasteiger partial charge in [0.1, 0.15) is 5.82 Å². The van der Waals surface area contributed by atoms with E-state index in [4.69, 9.17) is 9.47 Å². The summed E-state index contributed by atoms with van der Waals surface area (Å²) >= 11 is 3.23. The fourth-order valence-corrected chi connectivity index (χ4v) is 3.53. The molecule has 0 saturated carbocycles. The molecule has 0 aromatic heterocycles. The lowest BCUT2D eigenvalue weighted by molar-refractivity contribution is -0.117. The van der Waals surface area contributed by atoms with Gasteiger partial charge in [0.05, 0.1) is 18.3 Å². The molecule has 3 atom stereocenters. The molecule has 0 radical (unpaired) electrons. The fraction of sp³-hybridized carbons (Fsp3) is 0.600. The molecular weight excluding hydrogens is 327 g/mol. The summed E-state index contributed by atoms with van der Waals surface area (Å²) in [6, 6.07) is 4.80. The summed E-state index contributed by atoms with van der Waals surface area (Å²) < 4.78 is 25.9. The molecule has 1 aromatic carbocycles. The van der Waals surface area contributed by atoms with Crippen molar-refractivity contribution in [1.82, 2.24) is 0 Å². The van der Waals surface area contributed by atoms with E-state index in [1.165, 1.54) is 6.07 Å². The first-order valence-corrected chi connectivity index (χ1v) is 7.74. The van der Waals surface area contributed by atoms with E-state index >= 15 is 0 Å². The van der Waals surface area contributed by atoms with Crippen molar-refractivity contribution < 1.29 is 19.0 Å². The summed E-state index contributed by atoms with van der Waals surface area (Å²) in [7, 11) is 0. The second kappa shape index (κ2) is 5.72. The molecule has 0 bridgehead atoms. The molecule has 1 aromatic rings. The van der Waals surface area contributed by atoms with E-state index in [0.717, 1.165) is 19.3 Å². The standard InChI is InChI=1S/C15H18BrFO3/c16-11-1-2-12(13(17)7-11)14(18)10-3-5-20-15(8-10)4-6-19-9-15/h1-2,7,10,14,18H,3-6,8-9H2. The summed E-state index contributed by atoms with van der Waals surface area (Å²) in [5.41, 5.74) is 0.101. The quantitative estimate of drug-likeness (QED) is 0.895. The van der Waals surface area contributed by atoms with Crippen molar-refractivity contribution in [2.45, 2.75) is 31.0 Å². The van der Waals surface area contributed by atoms with Crippen LogP contribution in [0.2, 0.25) is 0 Å². The molecule has 3 rings (SSSR count). The highest BCUT2D eigenvalue weighted by molar-refractivity contribution is 9.10. The molecular formula is C15H18BrFO3. The van der Waals surface area contributed by atoms with Crippen LogP contribution in [0.5, 0.6) is 0 Å². The van der Waals surface area contributed by atoms with Gasteiger partial charge in [-0.3, -0.25) is 0 Å². The Hall–Kier alpha value is -0.490. The maximum absolute atomic E-state index is 14.0. The lowest BCUT2D eigenvalue weighted by Gasteiger charge is -2.39. The molecule has 110 valence electrons. The fourth-order valence-electron chi connectivity index (χ4n) is 3.19. The van der Waals surface area contributed by atoms with E-state index in [0.29, 0.717) is 29.9 Å². The molecule has 2 saturated heterocycles. The van der Waals surface area contributed by atoms with E-state index in [-0.39, 0.29) is 17.3 Å². The van der Waals surface area contributed by atoms with Crippen LogP contribution in [0, 0.1) is 11.7 Å². The van der Waals surface area contributed by atoms with Crippen LogP contribution >= 0.6 is 15.9 Å². The predicted molar refractivity (Wildman–Crippen MR) is 75.9 cm³/mol. The predicted octanol–water partition coefficient (Wildman–Crippen LogP) is 3.21. The molecule has 2 aliphatic heterocycles. The molecule has 20 heavy (non-hydrogen) atoms. The molecule has 5 heteroatoms. The molecule has 2 heterocycles. The van der Waals surface area contributed by atoms with Crippen LogP contribution in [-0.4, -0.2) is 30.5 Å². The van der Waals surface area contributed by atoms with Gasteiger partial charge in [-0.15, -0.1) is 0 Å². The number of hydrogen-bond donors (Lipinski definition) is 1. The highest BCUT2D eigenvalue weighted by atomic mass is 79.9. The van der Waals surface area contributed by atoms with Gasteiger partial charge in [-0.1, -0.05) is 22.0 Å². The van der Waals surface area contributed by atoms with Crippen LogP contribution in [0.4, 0.5) is 4.39 Å². The summed E-state index contributed by atoms with van der Waals surface area (Å²) in [6.45, 7) is 1.89. The number of halogens is 2. The second-order valence-electron chi connectivity index (χ2n) is 5.70. The zero-order chi connectivity index (χ0) is 14.2. The molecule has 3 unspecified atom stereocenters. The molecule has 3 nitrogen and oxygen atoms in total.